The smallest absolute Gasteiger partial charge is 0.0274 e. The van der Waals surface area contributed by atoms with Crippen molar-refractivity contribution in [3.63, 3.8) is 0 Å². The fourth-order valence-electron chi connectivity index (χ4n) is 0.994. The third-order valence-corrected chi connectivity index (χ3v) is 1.77. The molecule has 0 aliphatic rings. The summed E-state index contributed by atoms with van der Waals surface area (Å²) in [5.74, 6) is 0. The van der Waals surface area contributed by atoms with Gasteiger partial charge < -0.3 is 0 Å². The average molecular weight is 165 g/mol. The Morgan fingerprint density at radius 3 is 2.50 bits per heavy atom. The summed E-state index contributed by atoms with van der Waals surface area (Å²) in [5, 5.41) is 0. The first kappa shape index (κ1) is 11.5. The summed E-state index contributed by atoms with van der Waals surface area (Å²) in [7, 11) is 0. The lowest BCUT2D eigenvalue weighted by molar-refractivity contribution is 0.695. The number of unbranched alkanes of at least 4 members (excludes halogenated alkanes) is 5. The molecular formula is C12H21. The van der Waals surface area contributed by atoms with Crippen LogP contribution in [0.4, 0.5) is 0 Å². The van der Waals surface area contributed by atoms with Crippen molar-refractivity contribution in [1.29, 1.82) is 0 Å². The Morgan fingerprint density at radius 1 is 1.08 bits per heavy atom. The van der Waals surface area contributed by atoms with Crippen LogP contribution >= 0.6 is 0 Å². The normalized spacial score (nSPS) is 9.17. The highest BCUT2D eigenvalue weighted by Crippen LogP contribution is 2.02. The van der Waals surface area contributed by atoms with E-state index >= 15 is 0 Å². The Bertz CT molecular complexity index is 127. The zero-order valence-corrected chi connectivity index (χ0v) is 8.31. The lowest BCUT2D eigenvalue weighted by Gasteiger charge is -1.91. The molecule has 0 aromatic carbocycles. The minimum Gasteiger partial charge on any atom is -0.130 e. The van der Waals surface area contributed by atoms with Gasteiger partial charge in [0.25, 0.3) is 0 Å². The van der Waals surface area contributed by atoms with Crippen molar-refractivity contribution in [3.8, 4) is 0 Å². The molecule has 0 spiro atoms. The standard InChI is InChI=1S/C12H21/c1-3-5-7-9-11-12-10-8-6-4-2/h8,12H,1,3-7,9,11H2,2H3. The van der Waals surface area contributed by atoms with Crippen molar-refractivity contribution in [3.05, 3.63) is 24.8 Å². The molecule has 12 heavy (non-hydrogen) atoms. The van der Waals surface area contributed by atoms with Gasteiger partial charge >= 0.3 is 0 Å². The first-order valence-corrected chi connectivity index (χ1v) is 5.10. The Kier molecular flexibility index (Phi) is 10.1. The topological polar surface area (TPSA) is 0 Å². The van der Waals surface area contributed by atoms with E-state index in [9.17, 15) is 0 Å². The SMILES string of the molecule is [CH2]CCCCCC=C=CCCC. The van der Waals surface area contributed by atoms with Crippen molar-refractivity contribution < 1.29 is 0 Å². The molecule has 1 radical (unpaired) electrons. The van der Waals surface area contributed by atoms with Gasteiger partial charge in [-0.2, -0.15) is 0 Å². The van der Waals surface area contributed by atoms with E-state index in [0.29, 0.717) is 0 Å². The predicted molar refractivity (Wildman–Crippen MR) is 56.0 cm³/mol. The molecule has 0 heteroatoms. The monoisotopic (exact) mass is 165 g/mol. The minimum absolute atomic E-state index is 1.08. The molecule has 0 atom stereocenters. The summed E-state index contributed by atoms with van der Waals surface area (Å²) in [4.78, 5) is 0. The lowest BCUT2D eigenvalue weighted by atomic mass is 10.1. The van der Waals surface area contributed by atoms with Crippen molar-refractivity contribution in [2.75, 3.05) is 0 Å². The van der Waals surface area contributed by atoms with E-state index in [2.05, 4.69) is 31.7 Å². The van der Waals surface area contributed by atoms with Gasteiger partial charge in [0.15, 0.2) is 0 Å². The van der Waals surface area contributed by atoms with Gasteiger partial charge in [0.05, 0.1) is 0 Å². The molecule has 0 saturated carbocycles. The Morgan fingerprint density at radius 2 is 1.83 bits per heavy atom. The van der Waals surface area contributed by atoms with Crippen molar-refractivity contribution in [2.24, 2.45) is 0 Å². The summed E-state index contributed by atoms with van der Waals surface area (Å²) in [6.45, 7) is 6.00. The molecule has 0 N–H and O–H groups in total. The quantitative estimate of drug-likeness (QED) is 0.390. The minimum atomic E-state index is 1.08. The maximum absolute atomic E-state index is 3.81. The van der Waals surface area contributed by atoms with Crippen LogP contribution in [0.5, 0.6) is 0 Å². The largest absolute Gasteiger partial charge is 0.130 e. The van der Waals surface area contributed by atoms with Crippen LogP contribution in [-0.4, -0.2) is 0 Å². The van der Waals surface area contributed by atoms with E-state index in [1.165, 1.54) is 32.1 Å². The van der Waals surface area contributed by atoms with Crippen LogP contribution in [-0.2, 0) is 0 Å². The first-order chi connectivity index (χ1) is 5.91. The highest BCUT2D eigenvalue weighted by molar-refractivity contribution is 4.84. The van der Waals surface area contributed by atoms with Crippen molar-refractivity contribution in [1.82, 2.24) is 0 Å². The van der Waals surface area contributed by atoms with E-state index in [-0.39, 0.29) is 0 Å². The molecule has 0 heterocycles. The predicted octanol–water partition coefficient (Wildman–Crippen LogP) is 4.28. The van der Waals surface area contributed by atoms with E-state index in [1.807, 2.05) is 0 Å². The summed E-state index contributed by atoms with van der Waals surface area (Å²) in [6.07, 6.45) is 12.8. The van der Waals surface area contributed by atoms with Crippen LogP contribution in [0.15, 0.2) is 17.9 Å². The molecule has 0 aromatic rings. The Balaban J connectivity index is 3.12. The highest BCUT2D eigenvalue weighted by atomic mass is 13.9. The molecule has 0 unspecified atom stereocenters. The van der Waals surface area contributed by atoms with Crippen molar-refractivity contribution in [2.45, 2.75) is 51.9 Å². The fourth-order valence-corrected chi connectivity index (χ4v) is 0.994. The van der Waals surface area contributed by atoms with Crippen LogP contribution in [0.2, 0.25) is 0 Å². The third kappa shape index (κ3) is 9.52. The molecule has 0 bridgehead atoms. The van der Waals surface area contributed by atoms with Crippen LogP contribution < -0.4 is 0 Å². The second-order valence-electron chi connectivity index (χ2n) is 3.07. The number of hydrogen-bond donors (Lipinski definition) is 0. The van der Waals surface area contributed by atoms with Gasteiger partial charge in [0, 0.05) is 0 Å². The average Bonchev–Trinajstić information content (AvgIpc) is 2.10. The summed E-state index contributed by atoms with van der Waals surface area (Å²) < 4.78 is 0. The summed E-state index contributed by atoms with van der Waals surface area (Å²) in [5.41, 5.74) is 3.20. The summed E-state index contributed by atoms with van der Waals surface area (Å²) >= 11 is 0. The fraction of sp³-hybridized carbons (Fsp3) is 0.667. The molecule has 0 saturated heterocycles. The molecule has 0 amide bonds. The van der Waals surface area contributed by atoms with Crippen LogP contribution in [0.1, 0.15) is 51.9 Å². The maximum atomic E-state index is 3.81. The van der Waals surface area contributed by atoms with Gasteiger partial charge in [-0.15, -0.1) is 5.73 Å². The van der Waals surface area contributed by atoms with Crippen LogP contribution in [0.3, 0.4) is 0 Å². The molecule has 69 valence electrons. The van der Waals surface area contributed by atoms with E-state index in [4.69, 9.17) is 0 Å². The summed E-state index contributed by atoms with van der Waals surface area (Å²) in [6, 6.07) is 0. The molecule has 0 aliphatic carbocycles. The van der Waals surface area contributed by atoms with Crippen LogP contribution in [0, 0.1) is 6.92 Å². The van der Waals surface area contributed by atoms with Crippen molar-refractivity contribution >= 4 is 0 Å². The third-order valence-electron chi connectivity index (χ3n) is 1.77. The zero-order valence-electron chi connectivity index (χ0n) is 8.31. The van der Waals surface area contributed by atoms with Crippen LogP contribution in [0.25, 0.3) is 0 Å². The van der Waals surface area contributed by atoms with Gasteiger partial charge in [-0.25, -0.2) is 0 Å². The van der Waals surface area contributed by atoms with E-state index < -0.39 is 0 Å². The molecule has 0 rings (SSSR count). The number of hydrogen-bond acceptors (Lipinski definition) is 0. The molecule has 0 fully saturated rings. The van der Waals surface area contributed by atoms with Gasteiger partial charge in [-0.1, -0.05) is 39.5 Å². The second-order valence-corrected chi connectivity index (χ2v) is 3.07. The van der Waals surface area contributed by atoms with Gasteiger partial charge in [-0.05, 0) is 31.4 Å². The molecular weight excluding hydrogens is 144 g/mol. The van der Waals surface area contributed by atoms with Gasteiger partial charge in [0.1, 0.15) is 0 Å². The highest BCUT2D eigenvalue weighted by Gasteiger charge is 1.82. The van der Waals surface area contributed by atoms with E-state index in [0.717, 1.165) is 12.8 Å². The number of allylic oxidation sites excluding steroid dienone is 1. The first-order valence-electron chi connectivity index (χ1n) is 5.10. The molecule has 0 aromatic heterocycles. The lowest BCUT2D eigenvalue weighted by Crippen LogP contribution is -1.72. The van der Waals surface area contributed by atoms with E-state index in [1.54, 1.807) is 0 Å². The van der Waals surface area contributed by atoms with Gasteiger partial charge in [0.2, 0.25) is 0 Å². The Hall–Kier alpha value is -0.480. The van der Waals surface area contributed by atoms with Gasteiger partial charge in [-0.3, -0.25) is 0 Å². The maximum Gasteiger partial charge on any atom is -0.0274 e. The molecule has 0 nitrogen and oxygen atoms in total. The zero-order chi connectivity index (χ0) is 9.07. The Labute approximate surface area is 77.4 Å². The molecule has 0 aliphatic heterocycles. The number of rotatable bonds is 7. The second kappa shape index (κ2) is 10.5.